The van der Waals surface area contributed by atoms with Crippen LogP contribution in [-0.4, -0.2) is 78.9 Å². The van der Waals surface area contributed by atoms with Gasteiger partial charge in [-0.2, -0.15) is 5.10 Å². The summed E-state index contributed by atoms with van der Waals surface area (Å²) in [4.78, 5) is 55.0. The highest BCUT2D eigenvalue weighted by Gasteiger charge is 2.25. The van der Waals surface area contributed by atoms with Gasteiger partial charge in [-0.25, -0.2) is 15.0 Å². The molecule has 0 spiro atoms. The van der Waals surface area contributed by atoms with Crippen LogP contribution in [-0.2, 0) is 44.3 Å². The zero-order valence-corrected chi connectivity index (χ0v) is 55.7. The van der Waals surface area contributed by atoms with E-state index in [0.29, 0.717) is 11.1 Å². The SMILES string of the molecule is CC(=O)c1nccnc1C(C)(C)C.CC(C)(C)c1cc[nH]c1.CC(C)(C)c1cncnc1N1CCCCC1.CCc1nccnc1C(C)(C)C.Cc1[nH]ncc1C(C)(C)C.Cc1cccnc1C(C)(C)C.Cc1nccnc1C(C)(C)C. The standard InChI is InChI=1S/C13H21N3.C10H14N2O.C10H16N2.C10H15N.C9H14N2.C8H14N2.C8H13N/c1-13(2,3)11-9-14-10-15-12(11)16-7-5-4-6-8-16;1-7(13)8-9(10(2,3)4)12-6-5-11-8;1-5-8-9(10(2,3)4)12-7-6-11-8;1-8-6-5-7-11-9(8)10(2,3)4;1-7-8(9(2,3)4)11-6-5-10-7;1-6-7(5-9-10-6)8(2,3)4;1-8(2,3)7-4-5-9-6-7/h9-10H,4-8H2,1-3H3;5-6H,1-4H3;6-7H,5H2,1-4H3;5-7H,1-4H3;5-6H,1-4H3;5H,1-4H3,(H,9,10);4-6,9H,1-3H3. The first-order valence-corrected chi connectivity index (χ1v) is 29.2. The molecular weight excluding hydrogens is 1010 g/mol. The summed E-state index contributed by atoms with van der Waals surface area (Å²) < 4.78 is 0. The third kappa shape index (κ3) is 24.5. The summed E-state index contributed by atoms with van der Waals surface area (Å²) in [7, 11) is 0. The minimum absolute atomic E-state index is 0.0296. The van der Waals surface area contributed by atoms with Gasteiger partial charge in [0.15, 0.2) is 5.78 Å². The molecule has 82 heavy (non-hydrogen) atoms. The fraction of sp³-hybridized carbons (Fsp3) is 0.574. The van der Waals surface area contributed by atoms with E-state index in [1.807, 2.05) is 71.7 Å². The van der Waals surface area contributed by atoms with Crippen LogP contribution < -0.4 is 4.90 Å². The summed E-state index contributed by atoms with van der Waals surface area (Å²) in [5.74, 6) is 1.11. The highest BCUT2D eigenvalue weighted by Crippen LogP contribution is 2.31. The minimum atomic E-state index is -0.130. The predicted molar refractivity (Wildman–Crippen MR) is 342 cm³/mol. The molecule has 0 saturated carbocycles. The van der Waals surface area contributed by atoms with Crippen LogP contribution in [0.2, 0.25) is 0 Å². The Balaban J connectivity index is 0.000000329. The van der Waals surface area contributed by atoms with Crippen molar-refractivity contribution in [3.05, 3.63) is 160 Å². The predicted octanol–water partition coefficient (Wildman–Crippen LogP) is 16.2. The zero-order valence-electron chi connectivity index (χ0n) is 55.7. The molecule has 2 N–H and O–H groups in total. The molecule has 450 valence electrons. The molecule has 14 nitrogen and oxygen atoms in total. The molecule has 0 aromatic carbocycles. The Kier molecular flexibility index (Phi) is 27.2. The van der Waals surface area contributed by atoms with Crippen molar-refractivity contribution < 1.29 is 4.79 Å². The smallest absolute Gasteiger partial charge is 0.179 e. The Morgan fingerprint density at radius 2 is 1.02 bits per heavy atom. The minimum Gasteiger partial charge on any atom is -0.367 e. The highest BCUT2D eigenvalue weighted by atomic mass is 16.1. The zero-order chi connectivity index (χ0) is 62.5. The first-order chi connectivity index (χ1) is 37.7. The number of Topliss-reactive ketones (excluding diaryl/α,β-unsaturated/α-hetero) is 1. The number of nitrogens with zero attached hydrogens (tertiary/aromatic N) is 11. The maximum atomic E-state index is 11.2. The normalized spacial score (nSPS) is 12.8. The molecule has 1 saturated heterocycles. The van der Waals surface area contributed by atoms with Crippen LogP contribution in [0.25, 0.3) is 0 Å². The highest BCUT2D eigenvalue weighted by molar-refractivity contribution is 5.93. The second kappa shape index (κ2) is 31.2. The van der Waals surface area contributed by atoms with Crippen molar-refractivity contribution >= 4 is 11.6 Å². The maximum absolute atomic E-state index is 11.2. The van der Waals surface area contributed by atoms with Gasteiger partial charge >= 0.3 is 0 Å². The van der Waals surface area contributed by atoms with E-state index in [-0.39, 0.29) is 38.3 Å². The molecule has 0 atom stereocenters. The van der Waals surface area contributed by atoms with Crippen molar-refractivity contribution in [2.24, 2.45) is 0 Å². The van der Waals surface area contributed by atoms with E-state index in [4.69, 9.17) is 0 Å². The van der Waals surface area contributed by atoms with Gasteiger partial charge in [0.05, 0.1) is 34.7 Å². The lowest BCUT2D eigenvalue weighted by molar-refractivity contribution is 0.101. The Bertz CT molecular complexity index is 2880. The van der Waals surface area contributed by atoms with Gasteiger partial charge in [-0.3, -0.25) is 39.8 Å². The number of H-pyrrole nitrogens is 2. The van der Waals surface area contributed by atoms with Gasteiger partial charge < -0.3 is 9.88 Å². The molecule has 1 aliphatic heterocycles. The van der Waals surface area contributed by atoms with Crippen LogP contribution in [0, 0.1) is 20.8 Å². The molecule has 14 heteroatoms. The molecule has 8 rings (SSSR count). The van der Waals surface area contributed by atoms with Gasteiger partial charge in [-0.05, 0) is 91.5 Å². The average molecular weight is 1120 g/mol. The van der Waals surface area contributed by atoms with Crippen molar-refractivity contribution in [1.29, 1.82) is 0 Å². The summed E-state index contributed by atoms with van der Waals surface area (Å²) in [5, 5.41) is 6.89. The van der Waals surface area contributed by atoms with Crippen molar-refractivity contribution in [2.75, 3.05) is 18.0 Å². The van der Waals surface area contributed by atoms with E-state index in [9.17, 15) is 4.79 Å². The number of aromatic amines is 2. The number of anilines is 1. The molecule has 0 aliphatic carbocycles. The van der Waals surface area contributed by atoms with Crippen LogP contribution in [0.3, 0.4) is 0 Å². The monoisotopic (exact) mass is 1120 g/mol. The van der Waals surface area contributed by atoms with E-state index < -0.39 is 0 Å². The number of aromatic nitrogens is 12. The molecule has 0 bridgehead atoms. The van der Waals surface area contributed by atoms with Gasteiger partial charge in [-0.15, -0.1) is 0 Å². The summed E-state index contributed by atoms with van der Waals surface area (Å²) in [6.07, 6.45) is 26.4. The molecule has 0 amide bonds. The molecule has 7 aromatic heterocycles. The van der Waals surface area contributed by atoms with Gasteiger partial charge in [0.25, 0.3) is 0 Å². The lowest BCUT2D eigenvalue weighted by Crippen LogP contribution is -2.32. The Hall–Kier alpha value is -6.57. The number of hydrogen-bond donors (Lipinski definition) is 2. The molecule has 0 radical (unpaired) electrons. The first kappa shape index (κ1) is 71.5. The third-order valence-corrected chi connectivity index (χ3v) is 13.1. The van der Waals surface area contributed by atoms with Gasteiger partial charge in [0.1, 0.15) is 17.8 Å². The number of ketones is 1. The number of hydrogen-bond acceptors (Lipinski definition) is 12. The Morgan fingerprint density at radius 3 is 1.39 bits per heavy atom. The van der Waals surface area contributed by atoms with Crippen LogP contribution in [0.15, 0.2) is 92.7 Å². The summed E-state index contributed by atoms with van der Waals surface area (Å²) >= 11 is 0. The lowest BCUT2D eigenvalue weighted by Gasteiger charge is -2.32. The molecule has 1 aliphatic rings. The lowest BCUT2D eigenvalue weighted by atomic mass is 9.88. The Labute approximate surface area is 496 Å². The Morgan fingerprint density at radius 1 is 0.524 bits per heavy atom. The van der Waals surface area contributed by atoms with E-state index in [2.05, 4.69) is 216 Å². The fourth-order valence-corrected chi connectivity index (χ4v) is 8.92. The quantitative estimate of drug-likeness (QED) is 0.160. The maximum Gasteiger partial charge on any atom is 0.179 e. The largest absolute Gasteiger partial charge is 0.367 e. The molecule has 1 fully saturated rings. The van der Waals surface area contributed by atoms with Gasteiger partial charge in [-0.1, -0.05) is 158 Å². The number of aryl methyl sites for hydroxylation is 4. The summed E-state index contributed by atoms with van der Waals surface area (Å²) in [6.45, 7) is 57.4. The van der Waals surface area contributed by atoms with E-state index >= 15 is 0 Å². The summed E-state index contributed by atoms with van der Waals surface area (Å²) in [5.41, 5.74) is 14.1. The molecule has 0 unspecified atom stereocenters. The van der Waals surface area contributed by atoms with Crippen molar-refractivity contribution in [2.45, 2.75) is 244 Å². The number of pyridine rings is 1. The average Bonchev–Trinajstić information content (AvgIpc) is 4.13. The number of piperidine rings is 1. The van der Waals surface area contributed by atoms with Crippen LogP contribution in [0.1, 0.15) is 251 Å². The molecule has 7 aromatic rings. The topological polar surface area (TPSA) is 181 Å². The van der Waals surface area contributed by atoms with E-state index in [0.717, 1.165) is 53.8 Å². The van der Waals surface area contributed by atoms with E-state index in [1.165, 1.54) is 59.8 Å². The second-order valence-electron chi connectivity index (χ2n) is 28.2. The number of rotatable bonds is 3. The van der Waals surface area contributed by atoms with Crippen molar-refractivity contribution in [1.82, 2.24) is 60.0 Å². The molecule has 8 heterocycles. The first-order valence-electron chi connectivity index (χ1n) is 29.2. The van der Waals surface area contributed by atoms with Crippen molar-refractivity contribution in [3.8, 4) is 0 Å². The van der Waals surface area contributed by atoms with Crippen LogP contribution >= 0.6 is 0 Å². The summed E-state index contributed by atoms with van der Waals surface area (Å²) in [6, 6.07) is 6.19. The van der Waals surface area contributed by atoms with Crippen LogP contribution in [0.5, 0.6) is 0 Å². The molecular formula is C68H107N13O. The number of nitrogens with one attached hydrogen (secondary N) is 2. The van der Waals surface area contributed by atoms with Gasteiger partial charge in [0.2, 0.25) is 0 Å². The third-order valence-electron chi connectivity index (χ3n) is 13.1. The van der Waals surface area contributed by atoms with Crippen molar-refractivity contribution in [3.63, 3.8) is 0 Å². The van der Waals surface area contributed by atoms with E-state index in [1.54, 1.807) is 43.5 Å². The second-order valence-corrected chi connectivity index (χ2v) is 28.2. The van der Waals surface area contributed by atoms with Gasteiger partial charge in [0, 0.05) is 121 Å². The number of carbonyl (C=O) groups is 1. The number of carbonyl (C=O) groups excluding carboxylic acids is 1. The fourth-order valence-electron chi connectivity index (χ4n) is 8.92. The van der Waals surface area contributed by atoms with Crippen LogP contribution in [0.4, 0.5) is 5.82 Å².